The van der Waals surface area contributed by atoms with Gasteiger partial charge in [-0.05, 0) is 118 Å². The summed E-state index contributed by atoms with van der Waals surface area (Å²) in [7, 11) is 0. The maximum Gasteiger partial charge on any atom is 0.0544 e. The summed E-state index contributed by atoms with van der Waals surface area (Å²) in [6.45, 7) is 0. The van der Waals surface area contributed by atoms with Crippen molar-refractivity contribution < 1.29 is 0 Å². The number of para-hydroxylation sites is 2. The molecular formula is C57H40N2S. The zero-order valence-corrected chi connectivity index (χ0v) is 33.8. The van der Waals surface area contributed by atoms with Crippen molar-refractivity contribution in [3.05, 3.63) is 205 Å². The third-order valence-electron chi connectivity index (χ3n) is 13.5. The van der Waals surface area contributed by atoms with Gasteiger partial charge in [0.1, 0.15) is 0 Å². The summed E-state index contributed by atoms with van der Waals surface area (Å²) in [5.74, 6) is 1.27. The molecule has 0 bridgehead atoms. The summed E-state index contributed by atoms with van der Waals surface area (Å²) in [5.41, 5.74) is 19.6. The predicted octanol–water partition coefficient (Wildman–Crippen LogP) is 16.4. The molecule has 2 heterocycles. The molecule has 2 unspecified atom stereocenters. The minimum Gasteiger partial charge on any atom is -0.354 e. The number of fused-ring (bicyclic) bond motifs is 11. The van der Waals surface area contributed by atoms with Gasteiger partial charge in [0.05, 0.1) is 11.2 Å². The van der Waals surface area contributed by atoms with Crippen LogP contribution in [0.15, 0.2) is 194 Å². The molecule has 284 valence electrons. The number of rotatable bonds is 6. The Labute approximate surface area is 353 Å². The van der Waals surface area contributed by atoms with Crippen molar-refractivity contribution in [2.24, 2.45) is 5.92 Å². The van der Waals surface area contributed by atoms with Gasteiger partial charge in [0.15, 0.2) is 0 Å². The van der Waals surface area contributed by atoms with E-state index in [4.69, 9.17) is 0 Å². The summed E-state index contributed by atoms with van der Waals surface area (Å²) < 4.78 is 2.61. The molecule has 3 aliphatic rings. The van der Waals surface area contributed by atoms with Crippen molar-refractivity contribution in [1.29, 1.82) is 0 Å². The second-order valence-corrected chi connectivity index (χ2v) is 17.8. The van der Waals surface area contributed by atoms with Crippen LogP contribution in [0.1, 0.15) is 36.3 Å². The van der Waals surface area contributed by atoms with Crippen LogP contribution in [0.5, 0.6) is 0 Å². The molecule has 0 radical (unpaired) electrons. The van der Waals surface area contributed by atoms with Crippen molar-refractivity contribution >= 4 is 76.0 Å². The highest BCUT2D eigenvalue weighted by atomic mass is 32.1. The molecule has 2 atom stereocenters. The van der Waals surface area contributed by atoms with Gasteiger partial charge in [0.2, 0.25) is 0 Å². The van der Waals surface area contributed by atoms with E-state index in [0.717, 1.165) is 0 Å². The normalized spacial score (nSPS) is 16.7. The summed E-state index contributed by atoms with van der Waals surface area (Å²) in [6, 6.07) is 65.3. The molecule has 8 aromatic carbocycles. The maximum absolute atomic E-state index is 3.75. The van der Waals surface area contributed by atoms with Crippen molar-refractivity contribution in [3.8, 4) is 33.4 Å². The van der Waals surface area contributed by atoms with Crippen molar-refractivity contribution in [2.45, 2.75) is 25.2 Å². The largest absolute Gasteiger partial charge is 0.354 e. The van der Waals surface area contributed by atoms with Crippen LogP contribution in [0.2, 0.25) is 0 Å². The molecule has 2 nitrogen and oxygen atoms in total. The van der Waals surface area contributed by atoms with E-state index in [-0.39, 0.29) is 0 Å². The average Bonchev–Trinajstić information content (AvgIpc) is 3.91. The molecule has 2 aromatic heterocycles. The fourth-order valence-electron chi connectivity index (χ4n) is 10.6. The van der Waals surface area contributed by atoms with E-state index in [1.165, 1.54) is 128 Å². The fourth-order valence-corrected chi connectivity index (χ4v) is 11.8. The zero-order chi connectivity index (χ0) is 39.3. The van der Waals surface area contributed by atoms with E-state index < -0.39 is 0 Å². The molecule has 0 spiro atoms. The molecular weight excluding hydrogens is 745 g/mol. The molecule has 60 heavy (non-hydrogen) atoms. The van der Waals surface area contributed by atoms with Gasteiger partial charge in [0, 0.05) is 53.4 Å². The fraction of sp³-hybridized carbons (Fsp3) is 0.0877. The summed E-state index contributed by atoms with van der Waals surface area (Å²) in [4.78, 5) is 6.28. The number of anilines is 3. The highest BCUT2D eigenvalue weighted by molar-refractivity contribution is 7.25. The lowest BCUT2D eigenvalue weighted by Crippen LogP contribution is -2.15. The van der Waals surface area contributed by atoms with Gasteiger partial charge < -0.3 is 9.88 Å². The lowest BCUT2D eigenvalue weighted by Gasteiger charge is -2.32. The quantitative estimate of drug-likeness (QED) is 0.178. The Morgan fingerprint density at radius 3 is 2.08 bits per heavy atom. The first-order valence-electron chi connectivity index (χ1n) is 21.3. The summed E-state index contributed by atoms with van der Waals surface area (Å²) in [6.07, 6.45) is 8.42. The highest BCUT2D eigenvalue weighted by Gasteiger charge is 2.48. The molecule has 3 heteroatoms. The number of nitrogens with one attached hydrogen (secondary N) is 1. The van der Waals surface area contributed by atoms with Crippen LogP contribution in [0.3, 0.4) is 0 Å². The minimum atomic E-state index is 0.588. The number of H-pyrrole nitrogens is 1. The molecule has 1 fully saturated rings. The molecule has 1 saturated carbocycles. The van der Waals surface area contributed by atoms with E-state index in [1.54, 1.807) is 5.57 Å². The van der Waals surface area contributed by atoms with E-state index >= 15 is 0 Å². The van der Waals surface area contributed by atoms with Crippen molar-refractivity contribution in [2.75, 3.05) is 4.90 Å². The molecule has 0 amide bonds. The lowest BCUT2D eigenvalue weighted by molar-refractivity contribution is 0.816. The van der Waals surface area contributed by atoms with Crippen LogP contribution in [0, 0.1) is 5.92 Å². The third-order valence-corrected chi connectivity index (χ3v) is 14.6. The van der Waals surface area contributed by atoms with Crippen molar-refractivity contribution in [1.82, 2.24) is 4.98 Å². The molecule has 3 aliphatic carbocycles. The molecule has 13 rings (SSSR count). The Balaban J connectivity index is 0.940. The second kappa shape index (κ2) is 13.3. The van der Waals surface area contributed by atoms with Crippen LogP contribution in [0.4, 0.5) is 17.1 Å². The SMILES string of the molecule is C1=CC2=C(CC1)C1CC1c1c2cccc1N(c1ccc(-c2ccccc2)cc1)c1ccc2c(c1)sc1cc(-c3ccccc3-c3cccc4c3[nH]c3ccccc34)ccc12. The first-order chi connectivity index (χ1) is 29.7. The first-order valence-corrected chi connectivity index (χ1v) is 22.1. The Hall–Kier alpha value is -6.94. The van der Waals surface area contributed by atoms with Crippen LogP contribution in [-0.4, -0.2) is 4.98 Å². The first kappa shape index (κ1) is 34.0. The van der Waals surface area contributed by atoms with E-state index in [0.29, 0.717) is 11.8 Å². The summed E-state index contributed by atoms with van der Waals surface area (Å²) >= 11 is 1.90. The predicted molar refractivity (Wildman–Crippen MR) is 256 cm³/mol. The Morgan fingerprint density at radius 1 is 0.500 bits per heavy atom. The van der Waals surface area contributed by atoms with Gasteiger partial charge in [-0.15, -0.1) is 11.3 Å². The number of hydrogen-bond donors (Lipinski definition) is 1. The minimum absolute atomic E-state index is 0.588. The number of hydrogen-bond acceptors (Lipinski definition) is 2. The zero-order valence-electron chi connectivity index (χ0n) is 33.0. The van der Waals surface area contributed by atoms with Crippen LogP contribution < -0.4 is 4.90 Å². The standard InChI is InChI=1S/C57H40N2S/c1-2-12-35(13-3-1)36-24-27-38(28-25-36)59(53-23-11-19-47-42-16-6-7-17-43(42)50-34-51(50)56(47)53)39-29-31-46-45-30-26-37(32-54(45)60-55(46)33-39)40-14-4-5-15-41(40)48-20-10-21-49-44-18-8-9-22-52(44)58-57(48)49/h1-6,8-16,18-33,50-51,58H,7,17,34H2. The number of aromatic nitrogens is 1. The van der Waals surface area contributed by atoms with Gasteiger partial charge in [-0.25, -0.2) is 0 Å². The lowest BCUT2D eigenvalue weighted by atomic mass is 9.80. The highest BCUT2D eigenvalue weighted by Crippen LogP contribution is 2.63. The van der Waals surface area contributed by atoms with Gasteiger partial charge in [-0.1, -0.05) is 151 Å². The molecule has 1 N–H and O–H groups in total. The third kappa shape index (κ3) is 5.25. The molecule has 0 saturated heterocycles. The summed E-state index contributed by atoms with van der Waals surface area (Å²) in [5, 5.41) is 5.13. The van der Waals surface area contributed by atoms with E-state index in [9.17, 15) is 0 Å². The Kier molecular flexibility index (Phi) is 7.52. The number of benzene rings is 8. The smallest absolute Gasteiger partial charge is 0.0544 e. The topological polar surface area (TPSA) is 19.0 Å². The van der Waals surface area contributed by atoms with E-state index in [1.807, 2.05) is 11.3 Å². The Bertz CT molecular complexity index is 3420. The van der Waals surface area contributed by atoms with Gasteiger partial charge in [0.25, 0.3) is 0 Å². The number of allylic oxidation sites excluding steroid dienone is 4. The Morgan fingerprint density at radius 2 is 1.18 bits per heavy atom. The number of nitrogens with zero attached hydrogens (tertiary/aromatic N) is 1. The van der Waals surface area contributed by atoms with Crippen molar-refractivity contribution in [3.63, 3.8) is 0 Å². The van der Waals surface area contributed by atoms with Crippen LogP contribution in [0.25, 0.3) is 80.9 Å². The average molecular weight is 785 g/mol. The second-order valence-electron chi connectivity index (χ2n) is 16.8. The number of thiophene rings is 1. The number of aromatic amines is 1. The van der Waals surface area contributed by atoms with Crippen LogP contribution in [-0.2, 0) is 0 Å². The molecule has 0 aliphatic heterocycles. The maximum atomic E-state index is 3.75. The van der Waals surface area contributed by atoms with E-state index in [2.05, 4.69) is 198 Å². The van der Waals surface area contributed by atoms with Crippen LogP contribution >= 0.6 is 11.3 Å². The van der Waals surface area contributed by atoms with Gasteiger partial charge in [-0.2, -0.15) is 0 Å². The van der Waals surface area contributed by atoms with Gasteiger partial charge in [-0.3, -0.25) is 0 Å². The monoisotopic (exact) mass is 784 g/mol. The molecule has 10 aromatic rings. The van der Waals surface area contributed by atoms with Gasteiger partial charge >= 0.3 is 0 Å².